The number of hydrogen-bond donors (Lipinski definition) is 0. The first-order valence-corrected chi connectivity index (χ1v) is 6.56. The van der Waals surface area contributed by atoms with Crippen LogP contribution in [0, 0.1) is 6.92 Å². The summed E-state index contributed by atoms with van der Waals surface area (Å²) < 4.78 is 10.8. The lowest BCUT2D eigenvalue weighted by Crippen LogP contribution is -1.92. The van der Waals surface area contributed by atoms with Gasteiger partial charge in [-0.3, -0.25) is 4.98 Å². The van der Waals surface area contributed by atoms with Gasteiger partial charge in [0, 0.05) is 17.8 Å². The van der Waals surface area contributed by atoms with Crippen LogP contribution in [0.3, 0.4) is 0 Å². The molecule has 0 fully saturated rings. The Morgan fingerprint density at radius 2 is 1.85 bits per heavy atom. The highest BCUT2D eigenvalue weighted by atomic mass is 16.7. The third-order valence-corrected chi connectivity index (χ3v) is 3.72. The van der Waals surface area contributed by atoms with E-state index in [1.807, 2.05) is 24.5 Å². The summed E-state index contributed by atoms with van der Waals surface area (Å²) in [7, 11) is 0. The smallest absolute Gasteiger partial charge is 0.231 e. The number of fused-ring (bicyclic) bond motifs is 2. The number of nitrogens with zero attached hydrogens (tertiary/aromatic N) is 1. The minimum Gasteiger partial charge on any atom is -0.454 e. The van der Waals surface area contributed by atoms with Crippen molar-refractivity contribution in [3.8, 4) is 22.6 Å². The van der Waals surface area contributed by atoms with E-state index in [1.54, 1.807) is 0 Å². The molecule has 1 aromatic heterocycles. The zero-order valence-corrected chi connectivity index (χ0v) is 11.1. The van der Waals surface area contributed by atoms with Gasteiger partial charge < -0.3 is 9.47 Å². The van der Waals surface area contributed by atoms with E-state index < -0.39 is 0 Å². The summed E-state index contributed by atoms with van der Waals surface area (Å²) in [6, 6.07) is 12.4. The second kappa shape index (κ2) is 4.23. The molecular formula is C17H13NO2. The molecule has 1 aliphatic rings. The molecule has 3 nitrogen and oxygen atoms in total. The van der Waals surface area contributed by atoms with Crippen molar-refractivity contribution in [2.24, 2.45) is 0 Å². The summed E-state index contributed by atoms with van der Waals surface area (Å²) in [6.45, 7) is 2.42. The summed E-state index contributed by atoms with van der Waals surface area (Å²) in [5.74, 6) is 1.61. The van der Waals surface area contributed by atoms with Gasteiger partial charge >= 0.3 is 0 Å². The van der Waals surface area contributed by atoms with Crippen LogP contribution in [0.1, 0.15) is 5.56 Å². The molecule has 98 valence electrons. The van der Waals surface area contributed by atoms with Crippen molar-refractivity contribution in [2.75, 3.05) is 6.79 Å². The number of aryl methyl sites for hydroxylation is 1. The second-order valence-electron chi connectivity index (χ2n) is 4.92. The fourth-order valence-corrected chi connectivity index (χ4v) is 2.66. The molecule has 0 spiro atoms. The minimum absolute atomic E-state index is 0.301. The lowest BCUT2D eigenvalue weighted by atomic mass is 9.97. The van der Waals surface area contributed by atoms with E-state index in [2.05, 4.69) is 36.2 Å². The van der Waals surface area contributed by atoms with E-state index in [9.17, 15) is 0 Å². The van der Waals surface area contributed by atoms with Crippen molar-refractivity contribution in [1.82, 2.24) is 4.98 Å². The Labute approximate surface area is 116 Å². The molecule has 0 saturated heterocycles. The van der Waals surface area contributed by atoms with E-state index >= 15 is 0 Å². The van der Waals surface area contributed by atoms with Gasteiger partial charge in [0.25, 0.3) is 0 Å². The van der Waals surface area contributed by atoms with Crippen molar-refractivity contribution in [1.29, 1.82) is 0 Å². The molecular weight excluding hydrogens is 250 g/mol. The Kier molecular flexibility index (Phi) is 2.39. The second-order valence-corrected chi connectivity index (χ2v) is 4.92. The first-order valence-electron chi connectivity index (χ1n) is 6.56. The zero-order valence-electron chi connectivity index (χ0n) is 11.1. The minimum atomic E-state index is 0.301. The summed E-state index contributed by atoms with van der Waals surface area (Å²) in [6.07, 6.45) is 3.75. The fourth-order valence-electron chi connectivity index (χ4n) is 2.66. The predicted octanol–water partition coefficient (Wildman–Crippen LogP) is 3.94. The first-order chi connectivity index (χ1) is 9.83. The molecule has 2 heterocycles. The van der Waals surface area contributed by atoms with E-state index in [1.165, 1.54) is 10.9 Å². The number of rotatable bonds is 1. The van der Waals surface area contributed by atoms with Gasteiger partial charge in [-0.2, -0.15) is 0 Å². The van der Waals surface area contributed by atoms with Crippen molar-refractivity contribution in [2.45, 2.75) is 6.92 Å². The third kappa shape index (κ3) is 1.63. The monoisotopic (exact) mass is 263 g/mol. The molecule has 1 aliphatic heterocycles. The van der Waals surface area contributed by atoms with E-state index in [-0.39, 0.29) is 0 Å². The fraction of sp³-hybridized carbons (Fsp3) is 0.118. The van der Waals surface area contributed by atoms with Crippen LogP contribution in [-0.4, -0.2) is 11.8 Å². The van der Waals surface area contributed by atoms with E-state index in [4.69, 9.17) is 9.47 Å². The highest BCUT2D eigenvalue weighted by Crippen LogP contribution is 2.38. The standard InChI is InChI=1S/C17H13NO2/c1-11-2-4-14(15-9-18-7-6-13(11)15)12-3-5-16-17(8-12)20-10-19-16/h2-9H,10H2,1H3. The molecule has 3 heteroatoms. The zero-order chi connectivity index (χ0) is 13.5. The van der Waals surface area contributed by atoms with Gasteiger partial charge in [0.1, 0.15) is 0 Å². The average molecular weight is 263 g/mol. The highest BCUT2D eigenvalue weighted by molar-refractivity contribution is 5.98. The van der Waals surface area contributed by atoms with Crippen LogP contribution in [0.2, 0.25) is 0 Å². The molecule has 0 atom stereocenters. The molecule has 4 rings (SSSR count). The molecule has 2 aromatic carbocycles. The Hall–Kier alpha value is -2.55. The third-order valence-electron chi connectivity index (χ3n) is 3.72. The number of aromatic nitrogens is 1. The lowest BCUT2D eigenvalue weighted by molar-refractivity contribution is 0.174. The number of ether oxygens (including phenoxy) is 2. The molecule has 3 aromatic rings. The van der Waals surface area contributed by atoms with Crippen LogP contribution in [0.4, 0.5) is 0 Å². The number of pyridine rings is 1. The Bertz CT molecular complexity index is 811. The molecule has 0 radical (unpaired) electrons. The number of hydrogen-bond acceptors (Lipinski definition) is 3. The highest BCUT2D eigenvalue weighted by Gasteiger charge is 2.15. The Balaban J connectivity index is 1.97. The van der Waals surface area contributed by atoms with Gasteiger partial charge in [0.15, 0.2) is 11.5 Å². The van der Waals surface area contributed by atoms with Gasteiger partial charge in [-0.1, -0.05) is 18.2 Å². The molecule has 0 N–H and O–H groups in total. The predicted molar refractivity (Wildman–Crippen MR) is 78.0 cm³/mol. The Morgan fingerprint density at radius 3 is 2.80 bits per heavy atom. The van der Waals surface area contributed by atoms with Crippen molar-refractivity contribution < 1.29 is 9.47 Å². The van der Waals surface area contributed by atoms with Crippen LogP contribution in [0.15, 0.2) is 48.8 Å². The van der Waals surface area contributed by atoms with Gasteiger partial charge in [-0.05, 0) is 47.2 Å². The SMILES string of the molecule is Cc1ccc(-c2ccc3c(c2)OCO3)c2cnccc12. The maximum absolute atomic E-state index is 5.46. The van der Waals surface area contributed by atoms with Crippen LogP contribution in [-0.2, 0) is 0 Å². The largest absolute Gasteiger partial charge is 0.454 e. The van der Waals surface area contributed by atoms with Crippen LogP contribution >= 0.6 is 0 Å². The van der Waals surface area contributed by atoms with Gasteiger partial charge in [-0.25, -0.2) is 0 Å². The topological polar surface area (TPSA) is 31.4 Å². The van der Waals surface area contributed by atoms with Crippen molar-refractivity contribution >= 4 is 10.8 Å². The summed E-state index contributed by atoms with van der Waals surface area (Å²) >= 11 is 0. The summed E-state index contributed by atoms with van der Waals surface area (Å²) in [5.41, 5.74) is 3.54. The average Bonchev–Trinajstić information content (AvgIpc) is 2.95. The van der Waals surface area contributed by atoms with Gasteiger partial charge in [-0.15, -0.1) is 0 Å². The maximum atomic E-state index is 5.46. The quantitative estimate of drug-likeness (QED) is 0.666. The molecule has 0 bridgehead atoms. The normalized spacial score (nSPS) is 12.8. The molecule has 0 amide bonds. The van der Waals surface area contributed by atoms with Crippen LogP contribution < -0.4 is 9.47 Å². The molecule has 0 aliphatic carbocycles. The number of benzene rings is 2. The van der Waals surface area contributed by atoms with Crippen LogP contribution in [0.5, 0.6) is 11.5 Å². The van der Waals surface area contributed by atoms with Crippen molar-refractivity contribution in [3.05, 3.63) is 54.4 Å². The summed E-state index contributed by atoms with van der Waals surface area (Å²) in [5, 5.41) is 2.39. The molecule has 0 saturated carbocycles. The van der Waals surface area contributed by atoms with Gasteiger partial charge in [0.05, 0.1) is 0 Å². The first kappa shape index (κ1) is 11.3. The van der Waals surface area contributed by atoms with Gasteiger partial charge in [0.2, 0.25) is 6.79 Å². The molecule has 0 unspecified atom stereocenters. The summed E-state index contributed by atoms with van der Waals surface area (Å²) in [4.78, 5) is 4.26. The molecule has 20 heavy (non-hydrogen) atoms. The van der Waals surface area contributed by atoms with Crippen LogP contribution in [0.25, 0.3) is 21.9 Å². The van der Waals surface area contributed by atoms with Crippen molar-refractivity contribution in [3.63, 3.8) is 0 Å². The lowest BCUT2D eigenvalue weighted by Gasteiger charge is -2.09. The van der Waals surface area contributed by atoms with E-state index in [0.717, 1.165) is 28.0 Å². The van der Waals surface area contributed by atoms with E-state index in [0.29, 0.717) is 6.79 Å². The maximum Gasteiger partial charge on any atom is 0.231 e. The Morgan fingerprint density at radius 1 is 0.950 bits per heavy atom.